The number of hydrogen-bond donors (Lipinski definition) is 0. The summed E-state index contributed by atoms with van der Waals surface area (Å²) in [6.07, 6.45) is 11.4. The molecule has 0 spiro atoms. The lowest BCUT2D eigenvalue weighted by Gasteiger charge is -2.43. The molecule has 2 atom stereocenters. The number of carbonyl (C=O) groups is 1. The molecule has 4 rings (SSSR count). The number of hydrogen-bond acceptors (Lipinski definition) is 3. The van der Waals surface area contributed by atoms with Gasteiger partial charge in [0, 0.05) is 12.7 Å². The van der Waals surface area contributed by atoms with Gasteiger partial charge in [0.1, 0.15) is 5.69 Å². The highest BCUT2D eigenvalue weighted by Gasteiger charge is 2.38. The van der Waals surface area contributed by atoms with E-state index in [2.05, 4.69) is 10.00 Å². The van der Waals surface area contributed by atoms with Crippen LogP contribution in [0.2, 0.25) is 0 Å². The topological polar surface area (TPSA) is 47.4 Å². The quantitative estimate of drug-likeness (QED) is 0.844. The van der Waals surface area contributed by atoms with Crippen LogP contribution < -0.4 is 0 Å². The molecule has 1 saturated heterocycles. The van der Waals surface area contributed by atoms with Crippen molar-refractivity contribution in [2.45, 2.75) is 69.6 Å². The van der Waals surface area contributed by atoms with E-state index in [1.54, 1.807) is 6.20 Å². The van der Waals surface area contributed by atoms with Crippen molar-refractivity contribution >= 4 is 5.91 Å². The van der Waals surface area contributed by atoms with E-state index in [0.717, 1.165) is 37.9 Å². The molecule has 3 fully saturated rings. The fraction of sp³-hybridized carbons (Fsp3) is 0.765. The smallest absolute Gasteiger partial charge is 0.272 e. The van der Waals surface area contributed by atoms with Crippen LogP contribution in [0.1, 0.15) is 67.9 Å². The third-order valence-corrected chi connectivity index (χ3v) is 5.55. The van der Waals surface area contributed by atoms with Gasteiger partial charge in [0.05, 0.1) is 24.8 Å². The van der Waals surface area contributed by atoms with Gasteiger partial charge in [0.2, 0.25) is 0 Å². The monoisotopic (exact) mass is 303 g/mol. The van der Waals surface area contributed by atoms with Gasteiger partial charge in [-0.2, -0.15) is 5.10 Å². The zero-order chi connectivity index (χ0) is 14.9. The summed E-state index contributed by atoms with van der Waals surface area (Å²) >= 11 is 0. The maximum Gasteiger partial charge on any atom is 0.272 e. The summed E-state index contributed by atoms with van der Waals surface area (Å²) in [5.74, 6) is 0.157. The molecule has 3 aliphatic rings. The van der Waals surface area contributed by atoms with Gasteiger partial charge < -0.3 is 9.64 Å². The SMILES string of the molecule is O=C(c1ccnn1C1CCCC1)N1CCO[C@H]2CCCC[C@@H]21. The van der Waals surface area contributed by atoms with Crippen LogP contribution in [0.4, 0.5) is 0 Å². The summed E-state index contributed by atoms with van der Waals surface area (Å²) in [5, 5.41) is 4.46. The van der Waals surface area contributed by atoms with Crippen molar-refractivity contribution in [2.24, 2.45) is 0 Å². The molecule has 5 nitrogen and oxygen atoms in total. The van der Waals surface area contributed by atoms with Crippen molar-refractivity contribution in [2.75, 3.05) is 13.2 Å². The average molecular weight is 303 g/mol. The molecule has 0 aromatic carbocycles. The summed E-state index contributed by atoms with van der Waals surface area (Å²) in [4.78, 5) is 15.2. The molecule has 0 radical (unpaired) electrons. The molecule has 1 aromatic heterocycles. The zero-order valence-electron chi connectivity index (χ0n) is 13.1. The molecule has 0 N–H and O–H groups in total. The molecule has 0 unspecified atom stereocenters. The third kappa shape index (κ3) is 2.45. The Morgan fingerprint density at radius 2 is 1.91 bits per heavy atom. The lowest BCUT2D eigenvalue weighted by atomic mass is 9.90. The predicted molar refractivity (Wildman–Crippen MR) is 82.8 cm³/mol. The Bertz CT molecular complexity index is 534. The number of fused-ring (bicyclic) bond motifs is 1. The second-order valence-corrected chi connectivity index (χ2v) is 6.86. The second-order valence-electron chi connectivity index (χ2n) is 6.86. The number of carbonyl (C=O) groups excluding carboxylic acids is 1. The third-order valence-electron chi connectivity index (χ3n) is 5.55. The molecule has 2 aliphatic carbocycles. The van der Waals surface area contributed by atoms with Gasteiger partial charge in [-0.3, -0.25) is 9.48 Å². The van der Waals surface area contributed by atoms with Gasteiger partial charge in [-0.05, 0) is 31.7 Å². The van der Waals surface area contributed by atoms with E-state index in [0.29, 0.717) is 12.6 Å². The molecule has 2 heterocycles. The summed E-state index contributed by atoms with van der Waals surface area (Å²) in [6, 6.07) is 2.58. The fourth-order valence-corrected chi connectivity index (χ4v) is 4.42. The molecule has 2 saturated carbocycles. The van der Waals surface area contributed by atoms with Gasteiger partial charge in [-0.15, -0.1) is 0 Å². The molecule has 0 bridgehead atoms. The van der Waals surface area contributed by atoms with Gasteiger partial charge in [0.15, 0.2) is 0 Å². The van der Waals surface area contributed by atoms with Gasteiger partial charge in [-0.25, -0.2) is 0 Å². The van der Waals surface area contributed by atoms with Crippen molar-refractivity contribution in [1.82, 2.24) is 14.7 Å². The normalized spacial score (nSPS) is 29.5. The highest BCUT2D eigenvalue weighted by atomic mass is 16.5. The maximum absolute atomic E-state index is 13.1. The van der Waals surface area contributed by atoms with Crippen LogP contribution in [0.5, 0.6) is 0 Å². The van der Waals surface area contributed by atoms with E-state index in [1.807, 2.05) is 10.7 Å². The number of morpholine rings is 1. The van der Waals surface area contributed by atoms with Crippen molar-refractivity contribution in [1.29, 1.82) is 0 Å². The Balaban J connectivity index is 1.57. The number of aromatic nitrogens is 2. The summed E-state index contributed by atoms with van der Waals surface area (Å²) in [5.41, 5.74) is 0.776. The highest BCUT2D eigenvalue weighted by molar-refractivity contribution is 5.93. The number of nitrogens with zero attached hydrogens (tertiary/aromatic N) is 3. The molecule has 5 heteroatoms. The van der Waals surface area contributed by atoms with Gasteiger partial charge >= 0.3 is 0 Å². The zero-order valence-corrected chi connectivity index (χ0v) is 13.1. The average Bonchev–Trinajstić information content (AvgIpc) is 3.24. The first-order valence-electron chi connectivity index (χ1n) is 8.80. The molecule has 1 amide bonds. The molecule has 120 valence electrons. The largest absolute Gasteiger partial charge is 0.374 e. The number of amides is 1. The second kappa shape index (κ2) is 6.03. The van der Waals surface area contributed by atoms with Crippen molar-refractivity contribution in [3.63, 3.8) is 0 Å². The van der Waals surface area contributed by atoms with Crippen molar-refractivity contribution in [3.05, 3.63) is 18.0 Å². The van der Waals surface area contributed by atoms with Crippen LogP contribution in [-0.4, -0.2) is 45.9 Å². The minimum absolute atomic E-state index is 0.157. The first-order chi connectivity index (χ1) is 10.8. The van der Waals surface area contributed by atoms with E-state index >= 15 is 0 Å². The molecular formula is C17H25N3O2. The van der Waals surface area contributed by atoms with E-state index in [1.165, 1.54) is 25.7 Å². The number of rotatable bonds is 2. The van der Waals surface area contributed by atoms with Crippen LogP contribution in [0, 0.1) is 0 Å². The highest BCUT2D eigenvalue weighted by Crippen LogP contribution is 2.32. The van der Waals surface area contributed by atoms with E-state index in [-0.39, 0.29) is 18.1 Å². The Hall–Kier alpha value is -1.36. The van der Waals surface area contributed by atoms with Crippen LogP contribution in [0.3, 0.4) is 0 Å². The standard InChI is InChI=1S/C17H25N3O2/c21-17(15-9-10-18-20(15)13-5-1-2-6-13)19-11-12-22-16-8-4-3-7-14(16)19/h9-10,13-14,16H,1-8,11-12H2/t14-,16-/m0/s1. The van der Waals surface area contributed by atoms with Gasteiger partial charge in [-0.1, -0.05) is 25.7 Å². The minimum Gasteiger partial charge on any atom is -0.374 e. The van der Waals surface area contributed by atoms with E-state index in [4.69, 9.17) is 4.74 Å². The fourth-order valence-electron chi connectivity index (χ4n) is 4.42. The van der Waals surface area contributed by atoms with Gasteiger partial charge in [0.25, 0.3) is 5.91 Å². The molecular weight excluding hydrogens is 278 g/mol. The Morgan fingerprint density at radius 1 is 1.14 bits per heavy atom. The lowest BCUT2D eigenvalue weighted by Crippen LogP contribution is -2.55. The Labute approximate surface area is 131 Å². The van der Waals surface area contributed by atoms with E-state index in [9.17, 15) is 4.79 Å². The van der Waals surface area contributed by atoms with Crippen LogP contribution in [0.15, 0.2) is 12.3 Å². The molecule has 1 aromatic rings. The van der Waals surface area contributed by atoms with Crippen molar-refractivity contribution < 1.29 is 9.53 Å². The van der Waals surface area contributed by atoms with Crippen LogP contribution >= 0.6 is 0 Å². The predicted octanol–water partition coefficient (Wildman–Crippen LogP) is 2.78. The summed E-state index contributed by atoms with van der Waals surface area (Å²) < 4.78 is 7.88. The molecule has 1 aliphatic heterocycles. The lowest BCUT2D eigenvalue weighted by molar-refractivity contribution is -0.0756. The first kappa shape index (κ1) is 14.2. The number of ether oxygens (including phenoxy) is 1. The molecule has 22 heavy (non-hydrogen) atoms. The summed E-state index contributed by atoms with van der Waals surface area (Å²) in [6.45, 7) is 1.39. The van der Waals surface area contributed by atoms with Crippen LogP contribution in [0.25, 0.3) is 0 Å². The Kier molecular flexibility index (Phi) is 3.90. The summed E-state index contributed by atoms with van der Waals surface area (Å²) in [7, 11) is 0. The maximum atomic E-state index is 13.1. The minimum atomic E-state index is 0.157. The van der Waals surface area contributed by atoms with E-state index < -0.39 is 0 Å². The van der Waals surface area contributed by atoms with Crippen molar-refractivity contribution in [3.8, 4) is 0 Å². The first-order valence-corrected chi connectivity index (χ1v) is 8.80. The Morgan fingerprint density at radius 3 is 2.77 bits per heavy atom. The van der Waals surface area contributed by atoms with Crippen LogP contribution in [-0.2, 0) is 4.74 Å².